The Hall–Kier alpha value is -1.79. The second kappa shape index (κ2) is 12.6. The molecule has 0 saturated carbocycles. The quantitative estimate of drug-likeness (QED) is 0.668. The highest BCUT2D eigenvalue weighted by Crippen LogP contribution is 2.21. The fourth-order valence-electron chi connectivity index (χ4n) is 3.33. The maximum Gasteiger partial charge on any atom is 0.220 e. The second-order valence-electron chi connectivity index (χ2n) is 6.58. The van der Waals surface area contributed by atoms with E-state index in [0.29, 0.717) is 19.4 Å². The summed E-state index contributed by atoms with van der Waals surface area (Å²) in [4.78, 5) is 14.7. The van der Waals surface area contributed by atoms with Crippen LogP contribution in [0.3, 0.4) is 0 Å². The smallest absolute Gasteiger partial charge is 0.220 e. The number of aryl methyl sites for hydroxylation is 1. The van der Waals surface area contributed by atoms with Crippen LogP contribution in [0.5, 0.6) is 0 Å². The Morgan fingerprint density at radius 2 is 1.68 bits per heavy atom. The number of anilines is 1. The Kier molecular flexibility index (Phi) is 10.9. The molecule has 7 heteroatoms. The van der Waals surface area contributed by atoms with Crippen LogP contribution in [-0.4, -0.2) is 43.7 Å². The van der Waals surface area contributed by atoms with Gasteiger partial charge in [-0.1, -0.05) is 48.5 Å². The molecular weight excluding hydrogens is 397 g/mol. The van der Waals surface area contributed by atoms with Gasteiger partial charge in [0.1, 0.15) is 0 Å². The number of carbonyl (C=O) groups excluding carboxylic acids is 1. The fraction of sp³-hybridized carbons (Fsp3) is 0.381. The summed E-state index contributed by atoms with van der Waals surface area (Å²) in [5.74, 6) is 0.0578. The van der Waals surface area contributed by atoms with Crippen LogP contribution in [0.2, 0.25) is 0 Å². The molecule has 3 rings (SSSR count). The van der Waals surface area contributed by atoms with Gasteiger partial charge in [-0.3, -0.25) is 9.69 Å². The minimum absolute atomic E-state index is 0. The fourth-order valence-corrected chi connectivity index (χ4v) is 3.33. The molecule has 1 aliphatic rings. The second-order valence-corrected chi connectivity index (χ2v) is 6.58. The zero-order valence-electron chi connectivity index (χ0n) is 15.9. The van der Waals surface area contributed by atoms with Gasteiger partial charge in [0.15, 0.2) is 0 Å². The lowest BCUT2D eigenvalue weighted by Gasteiger charge is -2.35. The maximum atomic E-state index is 12.4. The number of nitrogens with one attached hydrogen (secondary N) is 1. The molecule has 1 unspecified atom stereocenters. The predicted molar refractivity (Wildman–Crippen MR) is 118 cm³/mol. The molecule has 1 aliphatic heterocycles. The molecule has 2 aromatic rings. The molecule has 2 aromatic carbocycles. The Morgan fingerprint density at radius 1 is 1.04 bits per heavy atom. The molecule has 1 saturated heterocycles. The van der Waals surface area contributed by atoms with Crippen LogP contribution in [0, 0.1) is 0 Å². The van der Waals surface area contributed by atoms with Crippen LogP contribution in [-0.2, 0) is 16.0 Å². The third-order valence-electron chi connectivity index (χ3n) is 4.84. The average Bonchev–Trinajstić information content (AvgIpc) is 2.69. The topological polar surface area (TPSA) is 67.6 Å². The number of rotatable bonds is 7. The number of nitrogens with zero attached hydrogens (tertiary/aromatic N) is 1. The number of carbonyl (C=O) groups is 1. The summed E-state index contributed by atoms with van der Waals surface area (Å²) in [6.07, 6.45) is 1.10. The van der Waals surface area contributed by atoms with Crippen LogP contribution in [0.4, 0.5) is 5.69 Å². The van der Waals surface area contributed by atoms with Crippen molar-refractivity contribution in [3.05, 3.63) is 65.7 Å². The number of benzene rings is 2. The number of nitrogen functional groups attached to an aromatic ring is 1. The number of ether oxygens (including phenoxy) is 1. The molecule has 5 nitrogen and oxygen atoms in total. The molecular formula is C21H29Cl2N3O2. The average molecular weight is 426 g/mol. The first-order valence-corrected chi connectivity index (χ1v) is 9.21. The molecule has 0 aromatic heterocycles. The first-order valence-electron chi connectivity index (χ1n) is 9.21. The van der Waals surface area contributed by atoms with E-state index in [0.717, 1.165) is 37.6 Å². The van der Waals surface area contributed by atoms with Crippen molar-refractivity contribution in [2.75, 3.05) is 38.6 Å². The Bertz CT molecular complexity index is 710. The van der Waals surface area contributed by atoms with Crippen LogP contribution in [0.15, 0.2) is 54.6 Å². The van der Waals surface area contributed by atoms with E-state index in [1.54, 1.807) is 0 Å². The van der Waals surface area contributed by atoms with Gasteiger partial charge in [0, 0.05) is 31.7 Å². The van der Waals surface area contributed by atoms with Crippen molar-refractivity contribution in [1.82, 2.24) is 10.2 Å². The summed E-state index contributed by atoms with van der Waals surface area (Å²) < 4.78 is 5.47. The van der Waals surface area contributed by atoms with E-state index >= 15 is 0 Å². The van der Waals surface area contributed by atoms with Gasteiger partial charge in [-0.2, -0.15) is 0 Å². The largest absolute Gasteiger partial charge is 0.399 e. The van der Waals surface area contributed by atoms with Crippen molar-refractivity contribution in [2.24, 2.45) is 0 Å². The summed E-state index contributed by atoms with van der Waals surface area (Å²) >= 11 is 0. The van der Waals surface area contributed by atoms with Crippen LogP contribution in [0.1, 0.15) is 23.6 Å². The standard InChI is InChI=1S/C21H27N3O2.2ClH/c22-19-9-5-4-6-17(19)10-11-21(25)23-16-20(18-7-2-1-3-8-18)24-12-14-26-15-13-24;;/h1-9,20H,10-16,22H2,(H,23,25);2*1H. The highest BCUT2D eigenvalue weighted by Gasteiger charge is 2.23. The third-order valence-corrected chi connectivity index (χ3v) is 4.84. The van der Waals surface area contributed by atoms with Crippen molar-refractivity contribution < 1.29 is 9.53 Å². The summed E-state index contributed by atoms with van der Waals surface area (Å²) in [5.41, 5.74) is 8.95. The molecule has 0 radical (unpaired) electrons. The van der Waals surface area contributed by atoms with E-state index in [1.165, 1.54) is 5.56 Å². The number of nitrogens with two attached hydrogens (primary N) is 1. The molecule has 0 spiro atoms. The van der Waals surface area contributed by atoms with Crippen LogP contribution < -0.4 is 11.1 Å². The van der Waals surface area contributed by atoms with E-state index in [1.807, 2.05) is 42.5 Å². The molecule has 1 amide bonds. The van der Waals surface area contributed by atoms with Gasteiger partial charge in [-0.05, 0) is 23.6 Å². The lowest BCUT2D eigenvalue weighted by atomic mass is 10.0. The lowest BCUT2D eigenvalue weighted by molar-refractivity contribution is -0.121. The summed E-state index contributed by atoms with van der Waals surface area (Å²) in [5, 5.41) is 3.11. The zero-order valence-corrected chi connectivity index (χ0v) is 17.5. The summed E-state index contributed by atoms with van der Waals surface area (Å²) in [6.45, 7) is 3.86. The SMILES string of the molecule is Cl.Cl.Nc1ccccc1CCC(=O)NCC(c1ccccc1)N1CCOCC1. The minimum Gasteiger partial charge on any atom is -0.399 e. The van der Waals surface area contributed by atoms with Crippen molar-refractivity contribution in [3.63, 3.8) is 0 Å². The minimum atomic E-state index is 0. The molecule has 0 bridgehead atoms. The van der Waals surface area contributed by atoms with E-state index in [2.05, 4.69) is 22.3 Å². The molecule has 1 atom stereocenters. The van der Waals surface area contributed by atoms with E-state index in [4.69, 9.17) is 10.5 Å². The lowest BCUT2D eigenvalue weighted by Crippen LogP contribution is -2.43. The van der Waals surface area contributed by atoms with Gasteiger partial charge in [-0.25, -0.2) is 0 Å². The van der Waals surface area contributed by atoms with Crippen molar-refractivity contribution in [1.29, 1.82) is 0 Å². The number of hydrogen-bond acceptors (Lipinski definition) is 4. The van der Waals surface area contributed by atoms with Gasteiger partial charge in [0.2, 0.25) is 5.91 Å². The van der Waals surface area contributed by atoms with E-state index in [-0.39, 0.29) is 36.8 Å². The number of halogens is 2. The monoisotopic (exact) mass is 425 g/mol. The number of amides is 1. The first-order chi connectivity index (χ1) is 12.7. The van der Waals surface area contributed by atoms with Crippen molar-refractivity contribution in [2.45, 2.75) is 18.9 Å². The summed E-state index contributed by atoms with van der Waals surface area (Å²) in [7, 11) is 0. The van der Waals surface area contributed by atoms with Gasteiger partial charge in [0.25, 0.3) is 0 Å². The Morgan fingerprint density at radius 3 is 2.36 bits per heavy atom. The highest BCUT2D eigenvalue weighted by atomic mass is 35.5. The zero-order chi connectivity index (χ0) is 18.2. The first kappa shape index (κ1) is 24.2. The van der Waals surface area contributed by atoms with Gasteiger partial charge in [-0.15, -0.1) is 24.8 Å². The normalized spacial score (nSPS) is 15.0. The van der Waals surface area contributed by atoms with Crippen LogP contribution >= 0.6 is 24.8 Å². The van der Waals surface area contributed by atoms with E-state index in [9.17, 15) is 4.79 Å². The Balaban J connectivity index is 0.00000196. The molecule has 1 fully saturated rings. The van der Waals surface area contributed by atoms with Crippen molar-refractivity contribution >= 4 is 36.4 Å². The highest BCUT2D eigenvalue weighted by molar-refractivity contribution is 5.85. The molecule has 28 heavy (non-hydrogen) atoms. The Labute approximate surface area is 179 Å². The van der Waals surface area contributed by atoms with Gasteiger partial charge < -0.3 is 15.8 Å². The van der Waals surface area contributed by atoms with Gasteiger partial charge in [0.05, 0.1) is 19.3 Å². The number of hydrogen-bond donors (Lipinski definition) is 2. The van der Waals surface area contributed by atoms with E-state index < -0.39 is 0 Å². The van der Waals surface area contributed by atoms with Crippen molar-refractivity contribution in [3.8, 4) is 0 Å². The molecule has 0 aliphatic carbocycles. The van der Waals surface area contributed by atoms with Crippen LogP contribution in [0.25, 0.3) is 0 Å². The van der Waals surface area contributed by atoms with Gasteiger partial charge >= 0.3 is 0 Å². The number of morpholine rings is 1. The third kappa shape index (κ3) is 6.99. The summed E-state index contributed by atoms with van der Waals surface area (Å²) in [6, 6.07) is 18.2. The molecule has 154 valence electrons. The maximum absolute atomic E-state index is 12.4. The number of para-hydroxylation sites is 1. The molecule has 3 N–H and O–H groups in total. The molecule has 1 heterocycles. The predicted octanol–water partition coefficient (Wildman–Crippen LogP) is 3.23.